The van der Waals surface area contributed by atoms with E-state index in [1.54, 1.807) is 29.4 Å². The lowest BCUT2D eigenvalue weighted by Gasteiger charge is -2.01. The highest BCUT2D eigenvalue weighted by Gasteiger charge is 2.07. The van der Waals surface area contributed by atoms with Gasteiger partial charge in [-0.05, 0) is 35.2 Å². The molecule has 1 amide bonds. The van der Waals surface area contributed by atoms with E-state index >= 15 is 0 Å². The zero-order chi connectivity index (χ0) is 14.7. The van der Waals surface area contributed by atoms with E-state index in [2.05, 4.69) is 45.0 Å². The number of carbonyl (C=O) groups is 1. The summed E-state index contributed by atoms with van der Waals surface area (Å²) in [4.78, 5) is 15.8. The normalized spacial score (nSPS) is 10.9. The molecular weight excluding hydrogens is 284 g/mol. The van der Waals surface area contributed by atoms with Gasteiger partial charge < -0.3 is 0 Å². The van der Waals surface area contributed by atoms with E-state index in [1.807, 2.05) is 0 Å². The molecule has 0 saturated carbocycles. The lowest BCUT2D eigenvalue weighted by Crippen LogP contribution is -2.12. The molecule has 0 aliphatic rings. The van der Waals surface area contributed by atoms with Gasteiger partial charge in [-0.15, -0.1) is 16.4 Å². The van der Waals surface area contributed by atoms with Gasteiger partial charge in [-0.25, -0.2) is 4.98 Å². The monoisotopic (exact) mass is 300 g/mol. The Balaban J connectivity index is 1.53. The first-order valence-corrected chi connectivity index (χ1v) is 7.71. The molecule has 0 aliphatic carbocycles. The van der Waals surface area contributed by atoms with Crippen molar-refractivity contribution in [1.82, 2.24) is 14.8 Å². The highest BCUT2D eigenvalue weighted by molar-refractivity contribution is 7.17. The van der Waals surface area contributed by atoms with Crippen LogP contribution in [0.15, 0.2) is 36.0 Å². The average molecular weight is 300 g/mol. The van der Waals surface area contributed by atoms with Gasteiger partial charge in [0.05, 0.1) is 0 Å². The van der Waals surface area contributed by atoms with Gasteiger partial charge >= 0.3 is 0 Å². The van der Waals surface area contributed by atoms with E-state index in [4.69, 9.17) is 0 Å². The van der Waals surface area contributed by atoms with Gasteiger partial charge in [0.1, 0.15) is 6.33 Å². The van der Waals surface area contributed by atoms with Gasteiger partial charge in [0.25, 0.3) is 0 Å². The lowest BCUT2D eigenvalue weighted by molar-refractivity contribution is -0.116. The Kier molecular flexibility index (Phi) is 3.96. The summed E-state index contributed by atoms with van der Waals surface area (Å²) >= 11 is 1.75. The third-order valence-electron chi connectivity index (χ3n) is 3.26. The summed E-state index contributed by atoms with van der Waals surface area (Å²) in [5.41, 5.74) is 1.32. The van der Waals surface area contributed by atoms with Crippen LogP contribution in [0.4, 0.5) is 5.95 Å². The largest absolute Gasteiger partial charge is 0.293 e. The summed E-state index contributed by atoms with van der Waals surface area (Å²) in [7, 11) is 1.77. The first kappa shape index (κ1) is 13.8. The Bertz CT molecular complexity index is 762. The standard InChI is InChI=1S/C15H16N4OS/c1-19-10-16-15(18-19)17-14(20)8-4-5-11-9-21-13-7-3-2-6-12(11)13/h2-3,6-7,9-10H,4-5,8H2,1H3,(H,17,18,20). The molecule has 0 saturated heterocycles. The van der Waals surface area contributed by atoms with Gasteiger partial charge in [-0.2, -0.15) is 0 Å². The van der Waals surface area contributed by atoms with Crippen molar-refractivity contribution < 1.29 is 4.79 Å². The molecular formula is C15H16N4OS. The molecule has 6 heteroatoms. The number of fused-ring (bicyclic) bond motifs is 1. The molecule has 5 nitrogen and oxygen atoms in total. The summed E-state index contributed by atoms with van der Waals surface area (Å²) in [6.07, 6.45) is 3.77. The number of amides is 1. The molecule has 0 bridgehead atoms. The van der Waals surface area contributed by atoms with E-state index in [9.17, 15) is 4.79 Å². The third kappa shape index (κ3) is 3.28. The second kappa shape index (κ2) is 6.05. The van der Waals surface area contributed by atoms with Crippen LogP contribution in [0.3, 0.4) is 0 Å². The lowest BCUT2D eigenvalue weighted by atomic mass is 10.1. The highest BCUT2D eigenvalue weighted by atomic mass is 32.1. The van der Waals surface area contributed by atoms with Crippen LogP contribution < -0.4 is 5.32 Å². The first-order chi connectivity index (χ1) is 10.2. The number of rotatable bonds is 5. The van der Waals surface area contributed by atoms with E-state index in [1.165, 1.54) is 15.6 Å². The minimum absolute atomic E-state index is 0.0410. The SMILES string of the molecule is Cn1cnc(NC(=O)CCCc2csc3ccccc23)n1. The number of carbonyl (C=O) groups excluding carboxylic acids is 1. The van der Waals surface area contributed by atoms with Crippen molar-refractivity contribution in [3.05, 3.63) is 41.5 Å². The van der Waals surface area contributed by atoms with E-state index in [0.29, 0.717) is 12.4 Å². The number of benzene rings is 1. The zero-order valence-electron chi connectivity index (χ0n) is 11.7. The molecule has 1 N–H and O–H groups in total. The Morgan fingerprint density at radius 1 is 1.38 bits per heavy atom. The molecule has 21 heavy (non-hydrogen) atoms. The smallest absolute Gasteiger partial charge is 0.248 e. The van der Waals surface area contributed by atoms with Gasteiger partial charge in [-0.1, -0.05) is 18.2 Å². The van der Waals surface area contributed by atoms with Crippen molar-refractivity contribution in [2.24, 2.45) is 7.05 Å². The van der Waals surface area contributed by atoms with Gasteiger partial charge in [0.2, 0.25) is 11.9 Å². The van der Waals surface area contributed by atoms with Crippen LogP contribution in [0.2, 0.25) is 0 Å². The first-order valence-electron chi connectivity index (χ1n) is 6.83. The molecule has 0 aliphatic heterocycles. The molecule has 108 valence electrons. The van der Waals surface area contributed by atoms with Gasteiger partial charge in [0.15, 0.2) is 0 Å². The second-order valence-corrected chi connectivity index (χ2v) is 5.81. The Morgan fingerprint density at radius 3 is 3.05 bits per heavy atom. The topological polar surface area (TPSA) is 59.8 Å². The molecule has 2 heterocycles. The predicted molar refractivity (Wildman–Crippen MR) is 84.4 cm³/mol. The summed E-state index contributed by atoms with van der Waals surface area (Å²) in [5.74, 6) is 0.323. The summed E-state index contributed by atoms with van der Waals surface area (Å²) in [6, 6.07) is 8.37. The fraction of sp³-hybridized carbons (Fsp3) is 0.267. The van der Waals surface area contributed by atoms with E-state index in [0.717, 1.165) is 12.8 Å². The Labute approximate surface area is 126 Å². The molecule has 0 fully saturated rings. The Morgan fingerprint density at radius 2 is 2.24 bits per heavy atom. The number of aryl methyl sites for hydroxylation is 2. The maximum atomic E-state index is 11.8. The van der Waals surface area contributed by atoms with Crippen LogP contribution in [0.25, 0.3) is 10.1 Å². The van der Waals surface area contributed by atoms with Crippen LogP contribution in [0.5, 0.6) is 0 Å². The third-order valence-corrected chi connectivity index (χ3v) is 4.27. The summed E-state index contributed by atoms with van der Waals surface area (Å²) in [5, 5.41) is 10.2. The molecule has 2 aromatic heterocycles. The maximum absolute atomic E-state index is 11.8. The van der Waals surface area contributed by atoms with Crippen LogP contribution in [0, 0.1) is 0 Å². The molecule has 0 spiro atoms. The van der Waals surface area contributed by atoms with Crippen molar-refractivity contribution in [2.75, 3.05) is 5.32 Å². The van der Waals surface area contributed by atoms with Crippen molar-refractivity contribution in [3.8, 4) is 0 Å². The predicted octanol–water partition coefficient (Wildman–Crippen LogP) is 2.99. The number of nitrogens with one attached hydrogen (secondary N) is 1. The molecule has 3 aromatic rings. The Hall–Kier alpha value is -2.21. The van der Waals surface area contributed by atoms with Crippen LogP contribution >= 0.6 is 11.3 Å². The van der Waals surface area contributed by atoms with E-state index in [-0.39, 0.29) is 5.91 Å². The molecule has 1 aromatic carbocycles. The van der Waals surface area contributed by atoms with Crippen molar-refractivity contribution in [2.45, 2.75) is 19.3 Å². The summed E-state index contributed by atoms with van der Waals surface area (Å²) < 4.78 is 2.86. The minimum atomic E-state index is -0.0410. The minimum Gasteiger partial charge on any atom is -0.293 e. The number of hydrogen-bond acceptors (Lipinski definition) is 4. The second-order valence-electron chi connectivity index (χ2n) is 4.90. The number of thiophene rings is 1. The quantitative estimate of drug-likeness (QED) is 0.788. The van der Waals surface area contributed by atoms with Crippen molar-refractivity contribution in [3.63, 3.8) is 0 Å². The number of anilines is 1. The van der Waals surface area contributed by atoms with Crippen molar-refractivity contribution >= 4 is 33.3 Å². The summed E-state index contributed by atoms with van der Waals surface area (Å²) in [6.45, 7) is 0. The number of nitrogens with zero attached hydrogens (tertiary/aromatic N) is 3. The molecule has 0 unspecified atom stereocenters. The van der Waals surface area contributed by atoms with Gasteiger partial charge in [-0.3, -0.25) is 14.8 Å². The number of hydrogen-bond donors (Lipinski definition) is 1. The van der Waals surface area contributed by atoms with Crippen LogP contribution in [0.1, 0.15) is 18.4 Å². The van der Waals surface area contributed by atoms with Crippen LogP contribution in [-0.2, 0) is 18.3 Å². The van der Waals surface area contributed by atoms with E-state index < -0.39 is 0 Å². The number of aromatic nitrogens is 3. The maximum Gasteiger partial charge on any atom is 0.248 e. The van der Waals surface area contributed by atoms with Crippen LogP contribution in [-0.4, -0.2) is 20.7 Å². The van der Waals surface area contributed by atoms with Crippen molar-refractivity contribution in [1.29, 1.82) is 0 Å². The highest BCUT2D eigenvalue weighted by Crippen LogP contribution is 2.26. The fourth-order valence-corrected chi connectivity index (χ4v) is 3.25. The zero-order valence-corrected chi connectivity index (χ0v) is 12.6. The molecule has 0 radical (unpaired) electrons. The average Bonchev–Trinajstić information content (AvgIpc) is 3.06. The van der Waals surface area contributed by atoms with Gasteiger partial charge in [0, 0.05) is 18.2 Å². The molecule has 3 rings (SSSR count). The fourth-order valence-electron chi connectivity index (χ4n) is 2.25. The molecule has 0 atom stereocenters.